The van der Waals surface area contributed by atoms with Crippen LogP contribution in [0.2, 0.25) is 10.0 Å². The molecule has 0 atom stereocenters. The number of methoxy groups -OCH3 is 2. The van der Waals surface area contributed by atoms with Crippen LogP contribution in [0, 0.1) is 0 Å². The first kappa shape index (κ1) is 38.5. The van der Waals surface area contributed by atoms with E-state index in [-0.39, 0.29) is 44.6 Å². The number of piperidine rings is 1. The second kappa shape index (κ2) is 15.5. The molecule has 17 heteroatoms. The molecule has 52 heavy (non-hydrogen) atoms. The van der Waals surface area contributed by atoms with Crippen molar-refractivity contribution in [2.75, 3.05) is 66.7 Å². The van der Waals surface area contributed by atoms with Crippen LogP contribution in [0.5, 0.6) is 11.5 Å². The van der Waals surface area contributed by atoms with Gasteiger partial charge in [0.25, 0.3) is 0 Å². The van der Waals surface area contributed by atoms with Crippen LogP contribution in [-0.4, -0.2) is 97.3 Å². The van der Waals surface area contributed by atoms with Gasteiger partial charge >= 0.3 is 18.2 Å². The highest BCUT2D eigenvalue weighted by atomic mass is 35.5. The fourth-order valence-corrected chi connectivity index (χ4v) is 6.78. The third-order valence-electron chi connectivity index (χ3n) is 9.01. The number of aromatic nitrogens is 2. The number of nitrogens with two attached hydrogens (primary N) is 1. The zero-order valence-electron chi connectivity index (χ0n) is 30.2. The Morgan fingerprint density at radius 3 is 2.00 bits per heavy atom. The van der Waals surface area contributed by atoms with Gasteiger partial charge in [-0.2, -0.15) is 4.90 Å². The monoisotopic (exact) mass is 758 g/mol. The number of carboxylic acid groups (broad SMARTS) is 1. The van der Waals surface area contributed by atoms with Gasteiger partial charge in [-0.3, -0.25) is 4.90 Å². The number of imide groups is 1. The molecule has 1 aromatic heterocycles. The van der Waals surface area contributed by atoms with Gasteiger partial charge in [0.1, 0.15) is 50.8 Å². The lowest BCUT2D eigenvalue weighted by Gasteiger charge is -2.38. The highest BCUT2D eigenvalue weighted by molar-refractivity contribution is 6.43. The Balaban J connectivity index is 1.47. The number of hydrogen-bond donors (Lipinski definition) is 2. The molecular weight excluding hydrogens is 715 g/mol. The van der Waals surface area contributed by atoms with Crippen molar-refractivity contribution in [3.05, 3.63) is 46.7 Å². The predicted molar refractivity (Wildman–Crippen MR) is 201 cm³/mol. The van der Waals surface area contributed by atoms with Crippen LogP contribution in [0.25, 0.3) is 0 Å². The third-order valence-corrected chi connectivity index (χ3v) is 9.74. The number of nitrogen functional groups attached to an aromatic ring is 1. The number of urea groups is 1. The average Bonchev–Trinajstić information content (AvgIpc) is 3.95. The minimum atomic E-state index is -1.70. The van der Waals surface area contributed by atoms with E-state index in [2.05, 4.69) is 26.8 Å². The second-order valence-corrected chi connectivity index (χ2v) is 14.4. The summed E-state index contributed by atoms with van der Waals surface area (Å²) in [5, 5.41) is 9.72. The summed E-state index contributed by atoms with van der Waals surface area (Å²) in [7, 11) is 6.13. The van der Waals surface area contributed by atoms with E-state index in [1.807, 2.05) is 12.1 Å². The Morgan fingerprint density at radius 2 is 1.48 bits per heavy atom. The molecule has 1 saturated heterocycles. The van der Waals surface area contributed by atoms with Crippen LogP contribution in [-0.2, 0) is 4.74 Å². The third kappa shape index (κ3) is 8.16. The van der Waals surface area contributed by atoms with Crippen LogP contribution >= 0.6 is 23.2 Å². The summed E-state index contributed by atoms with van der Waals surface area (Å²) in [5.41, 5.74) is 6.87. The molecule has 1 saturated carbocycles. The first-order valence-corrected chi connectivity index (χ1v) is 17.4. The van der Waals surface area contributed by atoms with E-state index < -0.39 is 23.8 Å². The Morgan fingerprint density at radius 1 is 0.904 bits per heavy atom. The van der Waals surface area contributed by atoms with Crippen LogP contribution in [0.3, 0.4) is 0 Å². The number of benzene rings is 2. The van der Waals surface area contributed by atoms with Gasteiger partial charge in [-0.05, 0) is 71.7 Å². The van der Waals surface area contributed by atoms with Gasteiger partial charge in [0.2, 0.25) is 0 Å². The lowest BCUT2D eigenvalue weighted by atomic mass is 10.0. The number of hydrogen-bond acceptors (Lipinski definition) is 11. The largest absolute Gasteiger partial charge is 0.495 e. The maximum absolute atomic E-state index is 13.9. The molecule has 2 aromatic carbocycles. The zero-order chi connectivity index (χ0) is 38.1. The van der Waals surface area contributed by atoms with Gasteiger partial charge in [-0.15, -0.1) is 0 Å². The topological polar surface area (TPSA) is 167 Å². The van der Waals surface area contributed by atoms with Crippen molar-refractivity contribution in [2.24, 2.45) is 0 Å². The van der Waals surface area contributed by atoms with E-state index in [0.717, 1.165) is 42.8 Å². The van der Waals surface area contributed by atoms with Gasteiger partial charge in [0.05, 0.1) is 25.6 Å². The number of amides is 4. The van der Waals surface area contributed by atoms with Crippen molar-refractivity contribution in [3.63, 3.8) is 0 Å². The van der Waals surface area contributed by atoms with E-state index in [4.69, 9.17) is 43.1 Å². The molecule has 5 rings (SSSR count). The quantitative estimate of drug-likeness (QED) is 0.210. The van der Waals surface area contributed by atoms with Gasteiger partial charge in [-0.25, -0.2) is 29.3 Å². The number of halogens is 2. The van der Waals surface area contributed by atoms with Crippen molar-refractivity contribution in [2.45, 2.75) is 64.1 Å². The van der Waals surface area contributed by atoms with Crippen molar-refractivity contribution in [1.82, 2.24) is 14.9 Å². The van der Waals surface area contributed by atoms with Crippen LogP contribution < -0.4 is 34.8 Å². The molecule has 1 aliphatic carbocycles. The lowest BCUT2D eigenvalue weighted by molar-refractivity contribution is 0.0598. The summed E-state index contributed by atoms with van der Waals surface area (Å²) in [6, 6.07) is 8.26. The molecule has 0 unspecified atom stereocenters. The Bertz CT molecular complexity index is 1800. The number of carbonyl (C=O) groups excluding carboxylic acids is 2. The molecule has 4 amide bonds. The van der Waals surface area contributed by atoms with Crippen LogP contribution in [0.4, 0.5) is 48.8 Å². The van der Waals surface area contributed by atoms with E-state index in [1.54, 1.807) is 26.8 Å². The van der Waals surface area contributed by atoms with E-state index in [1.165, 1.54) is 51.1 Å². The van der Waals surface area contributed by atoms with Crippen molar-refractivity contribution in [3.8, 4) is 11.5 Å². The average molecular weight is 760 g/mol. The summed E-state index contributed by atoms with van der Waals surface area (Å²) < 4.78 is 16.3. The highest BCUT2D eigenvalue weighted by Crippen LogP contribution is 2.46. The van der Waals surface area contributed by atoms with Crippen LogP contribution in [0.15, 0.2) is 36.7 Å². The molecule has 15 nitrogen and oxygen atoms in total. The van der Waals surface area contributed by atoms with Gasteiger partial charge in [0, 0.05) is 50.0 Å². The smallest absolute Gasteiger partial charge is 0.420 e. The summed E-state index contributed by atoms with van der Waals surface area (Å²) in [6.07, 6.45) is 3.25. The molecule has 3 N–H and O–H groups in total. The van der Waals surface area contributed by atoms with Crippen molar-refractivity contribution >= 4 is 75.8 Å². The van der Waals surface area contributed by atoms with Crippen molar-refractivity contribution < 1.29 is 33.7 Å². The van der Waals surface area contributed by atoms with E-state index >= 15 is 0 Å². The van der Waals surface area contributed by atoms with Gasteiger partial charge < -0.3 is 34.9 Å². The molecule has 0 bridgehead atoms. The molecule has 3 aromatic rings. The second-order valence-electron chi connectivity index (χ2n) is 13.6. The summed E-state index contributed by atoms with van der Waals surface area (Å²) in [5.74, 6) is -0.0353. The summed E-state index contributed by atoms with van der Waals surface area (Å²) >= 11 is 12.9. The molecule has 2 aliphatic rings. The Labute approximate surface area is 312 Å². The highest BCUT2D eigenvalue weighted by Gasteiger charge is 2.36. The molecule has 0 spiro atoms. The van der Waals surface area contributed by atoms with Gasteiger partial charge in [0.15, 0.2) is 0 Å². The first-order chi connectivity index (χ1) is 24.6. The number of ether oxygens (including phenoxy) is 3. The minimum absolute atomic E-state index is 0.00302. The molecule has 1 aliphatic heterocycles. The number of rotatable bonds is 9. The summed E-state index contributed by atoms with van der Waals surface area (Å²) in [4.78, 5) is 56.0. The molecule has 2 heterocycles. The van der Waals surface area contributed by atoms with Crippen molar-refractivity contribution in [1.29, 1.82) is 0 Å². The van der Waals surface area contributed by atoms with E-state index in [0.29, 0.717) is 22.7 Å². The molecule has 2 fully saturated rings. The normalized spacial score (nSPS) is 14.9. The zero-order valence-corrected chi connectivity index (χ0v) is 31.7. The standard InChI is InChI=1S/C35H44Cl2N8O7/c1-35(2,3)52-34(49)44(24-11-10-22(16-23(24)38)43-14-12-21(13-15-43)41(4)20-8-9-20)28-18-27(39-19-40-28)42(5)32(46)45(33(47)48)31-29(36)25(50-6)17-26(51-7)30(31)37/h10-11,16-21H,8-9,12-15,38H2,1-7H3,(H,47,48). The first-order valence-electron chi connectivity index (χ1n) is 16.7. The molecule has 0 radical (unpaired) electrons. The maximum Gasteiger partial charge on any atom is 0.420 e. The van der Waals surface area contributed by atoms with E-state index in [9.17, 15) is 19.5 Å². The Hall–Kier alpha value is -4.73. The van der Waals surface area contributed by atoms with Crippen LogP contribution in [0.1, 0.15) is 46.5 Å². The fraction of sp³-hybridized carbons (Fsp3) is 0.457. The fourth-order valence-electron chi connectivity index (χ4n) is 6.11. The minimum Gasteiger partial charge on any atom is -0.495 e. The predicted octanol–water partition coefficient (Wildman–Crippen LogP) is 7.26. The number of anilines is 6. The molecule has 280 valence electrons. The Kier molecular flexibility index (Phi) is 11.5. The number of carbonyl (C=O) groups is 3. The maximum atomic E-state index is 13.9. The lowest BCUT2D eigenvalue weighted by Crippen LogP contribution is -2.45. The van der Waals surface area contributed by atoms with Gasteiger partial charge in [-0.1, -0.05) is 23.2 Å². The SMILES string of the molecule is COc1cc(OC)c(Cl)c(N(C(=O)O)C(=O)N(C)c2cc(N(C(=O)OC(C)(C)C)c3ccc(N4CCC(N(C)C5CC5)CC4)cc3N)ncn2)c1Cl. The number of nitrogens with zero attached hydrogens (tertiary/aromatic N) is 7. The molecular formula is C35H44Cl2N8O7. The summed E-state index contributed by atoms with van der Waals surface area (Å²) in [6.45, 7) is 6.92.